The number of aromatic nitrogens is 1. The van der Waals surface area contributed by atoms with E-state index in [4.69, 9.17) is 4.74 Å². The van der Waals surface area contributed by atoms with Gasteiger partial charge in [-0.1, -0.05) is 32.0 Å². The highest BCUT2D eigenvalue weighted by Crippen LogP contribution is 2.28. The number of aryl methyl sites for hydroxylation is 1. The van der Waals surface area contributed by atoms with Gasteiger partial charge in [0, 0.05) is 23.1 Å². The number of rotatable bonds is 8. The van der Waals surface area contributed by atoms with Gasteiger partial charge in [0.15, 0.2) is 0 Å². The SMILES string of the molecule is CCOc1ccc(S(=O)NCCc2c(C)[nH]c3ccccc23)cc1C(C)C. The summed E-state index contributed by atoms with van der Waals surface area (Å²) in [5.74, 6) is 1.19. The van der Waals surface area contributed by atoms with Crippen LogP contribution in [0.15, 0.2) is 47.4 Å². The van der Waals surface area contributed by atoms with Crippen LogP contribution in [0.2, 0.25) is 0 Å². The van der Waals surface area contributed by atoms with E-state index < -0.39 is 11.0 Å². The number of H-pyrrole nitrogens is 1. The molecule has 0 spiro atoms. The first-order chi connectivity index (χ1) is 13.0. The summed E-state index contributed by atoms with van der Waals surface area (Å²) in [5.41, 5.74) is 4.70. The molecule has 2 N–H and O–H groups in total. The molecule has 0 radical (unpaired) electrons. The lowest BCUT2D eigenvalue weighted by Gasteiger charge is -2.15. The molecule has 27 heavy (non-hydrogen) atoms. The minimum atomic E-state index is -1.24. The third-order valence-corrected chi connectivity index (χ3v) is 5.90. The predicted octanol–water partition coefficient (Wildman–Crippen LogP) is 4.85. The molecule has 0 aliphatic rings. The zero-order valence-electron chi connectivity index (χ0n) is 16.5. The Balaban J connectivity index is 1.69. The molecule has 144 valence electrons. The molecule has 3 aromatic rings. The Morgan fingerprint density at radius 3 is 2.70 bits per heavy atom. The van der Waals surface area contributed by atoms with E-state index in [0.717, 1.165) is 28.1 Å². The molecule has 0 bridgehead atoms. The van der Waals surface area contributed by atoms with Crippen LogP contribution in [-0.4, -0.2) is 22.3 Å². The van der Waals surface area contributed by atoms with Gasteiger partial charge in [-0.3, -0.25) is 0 Å². The number of hydrogen-bond donors (Lipinski definition) is 2. The average molecular weight is 385 g/mol. The van der Waals surface area contributed by atoms with E-state index in [9.17, 15) is 4.21 Å². The van der Waals surface area contributed by atoms with E-state index in [0.29, 0.717) is 19.1 Å². The number of benzene rings is 2. The topological polar surface area (TPSA) is 54.1 Å². The summed E-state index contributed by atoms with van der Waals surface area (Å²) >= 11 is 0. The lowest BCUT2D eigenvalue weighted by atomic mass is 10.0. The molecule has 1 aromatic heterocycles. The van der Waals surface area contributed by atoms with Crippen LogP contribution < -0.4 is 9.46 Å². The van der Waals surface area contributed by atoms with Crippen molar-refractivity contribution in [2.45, 2.75) is 44.9 Å². The third kappa shape index (κ3) is 4.42. The first kappa shape index (κ1) is 19.6. The van der Waals surface area contributed by atoms with Crippen molar-refractivity contribution < 1.29 is 8.95 Å². The van der Waals surface area contributed by atoms with Crippen molar-refractivity contribution >= 4 is 21.9 Å². The lowest BCUT2D eigenvalue weighted by Crippen LogP contribution is -2.20. The maximum atomic E-state index is 12.7. The molecule has 0 saturated heterocycles. The van der Waals surface area contributed by atoms with Crippen molar-refractivity contribution in [1.82, 2.24) is 9.71 Å². The fraction of sp³-hybridized carbons (Fsp3) is 0.364. The number of aromatic amines is 1. The molecule has 0 aliphatic heterocycles. The second-order valence-corrected chi connectivity index (χ2v) is 8.27. The number of fused-ring (bicyclic) bond motifs is 1. The summed E-state index contributed by atoms with van der Waals surface area (Å²) in [6.45, 7) is 9.59. The fourth-order valence-corrected chi connectivity index (χ4v) is 4.27. The van der Waals surface area contributed by atoms with E-state index >= 15 is 0 Å². The molecule has 1 heterocycles. The van der Waals surface area contributed by atoms with Crippen LogP contribution in [0.25, 0.3) is 10.9 Å². The van der Waals surface area contributed by atoms with E-state index in [1.54, 1.807) is 0 Å². The van der Waals surface area contributed by atoms with E-state index in [2.05, 4.69) is 48.7 Å². The van der Waals surface area contributed by atoms with Gasteiger partial charge >= 0.3 is 0 Å². The van der Waals surface area contributed by atoms with Gasteiger partial charge in [-0.2, -0.15) is 0 Å². The number of ether oxygens (including phenoxy) is 1. The molecule has 0 saturated carbocycles. The van der Waals surface area contributed by atoms with Crippen LogP contribution in [0.1, 0.15) is 43.5 Å². The third-order valence-electron chi connectivity index (χ3n) is 4.75. The first-order valence-corrected chi connectivity index (χ1v) is 10.6. The summed E-state index contributed by atoms with van der Waals surface area (Å²) in [4.78, 5) is 4.21. The minimum absolute atomic E-state index is 0.317. The van der Waals surface area contributed by atoms with Crippen LogP contribution in [0.4, 0.5) is 0 Å². The summed E-state index contributed by atoms with van der Waals surface area (Å²) in [6, 6.07) is 14.1. The highest BCUT2D eigenvalue weighted by molar-refractivity contribution is 7.83. The van der Waals surface area contributed by atoms with Gasteiger partial charge in [0.05, 0.1) is 11.5 Å². The molecule has 1 unspecified atom stereocenters. The summed E-state index contributed by atoms with van der Waals surface area (Å²) in [6.07, 6.45) is 0.829. The molecular weight excluding hydrogens is 356 g/mol. The Labute approximate surface area is 163 Å². The first-order valence-electron chi connectivity index (χ1n) is 9.49. The highest BCUT2D eigenvalue weighted by atomic mass is 32.2. The fourth-order valence-electron chi connectivity index (χ4n) is 3.39. The number of hydrogen-bond acceptors (Lipinski definition) is 2. The van der Waals surface area contributed by atoms with Gasteiger partial charge in [0.2, 0.25) is 0 Å². The normalized spacial score (nSPS) is 12.6. The Kier molecular flexibility index (Phi) is 6.34. The lowest BCUT2D eigenvalue weighted by molar-refractivity contribution is 0.335. The summed E-state index contributed by atoms with van der Waals surface area (Å²) in [5, 5.41) is 1.24. The molecule has 0 amide bonds. The summed E-state index contributed by atoms with van der Waals surface area (Å²) < 4.78 is 21.6. The van der Waals surface area contributed by atoms with Crippen molar-refractivity contribution in [3.8, 4) is 5.75 Å². The van der Waals surface area contributed by atoms with Crippen LogP contribution >= 0.6 is 0 Å². The van der Waals surface area contributed by atoms with Gasteiger partial charge in [0.1, 0.15) is 16.7 Å². The standard InChI is InChI=1S/C22H28N2O2S/c1-5-26-22-11-10-17(14-20(22)15(2)3)27(25)23-13-12-18-16(4)24-21-9-7-6-8-19(18)21/h6-11,14-15,23-24H,5,12-13H2,1-4H3. The number of para-hydroxylation sites is 1. The zero-order valence-corrected chi connectivity index (χ0v) is 17.3. The smallest absolute Gasteiger partial charge is 0.124 e. The van der Waals surface area contributed by atoms with E-state index in [1.165, 1.54) is 16.6 Å². The van der Waals surface area contributed by atoms with Crippen molar-refractivity contribution in [2.75, 3.05) is 13.2 Å². The van der Waals surface area contributed by atoms with Crippen LogP contribution in [0.5, 0.6) is 5.75 Å². The second-order valence-electron chi connectivity index (χ2n) is 6.97. The molecule has 0 aliphatic carbocycles. The molecule has 5 heteroatoms. The molecule has 1 atom stereocenters. The Bertz CT molecular complexity index is 947. The van der Waals surface area contributed by atoms with Gasteiger partial charge in [-0.05, 0) is 61.6 Å². The largest absolute Gasteiger partial charge is 0.494 e. The summed E-state index contributed by atoms with van der Waals surface area (Å²) in [7, 11) is -1.24. The average Bonchev–Trinajstić information content (AvgIpc) is 2.97. The molecule has 4 nitrogen and oxygen atoms in total. The maximum absolute atomic E-state index is 12.7. The zero-order chi connectivity index (χ0) is 19.4. The van der Waals surface area contributed by atoms with E-state index in [-0.39, 0.29) is 0 Å². The molecular formula is C22H28N2O2S. The van der Waals surface area contributed by atoms with Crippen molar-refractivity contribution in [2.24, 2.45) is 0 Å². The molecule has 2 aromatic carbocycles. The van der Waals surface area contributed by atoms with Gasteiger partial charge in [-0.25, -0.2) is 8.93 Å². The monoisotopic (exact) mass is 384 g/mol. The van der Waals surface area contributed by atoms with Crippen LogP contribution in [-0.2, 0) is 17.4 Å². The van der Waals surface area contributed by atoms with Crippen molar-refractivity contribution in [3.05, 3.63) is 59.3 Å². The Morgan fingerprint density at radius 1 is 1.19 bits per heavy atom. The van der Waals surface area contributed by atoms with Gasteiger partial charge < -0.3 is 9.72 Å². The van der Waals surface area contributed by atoms with E-state index in [1.807, 2.05) is 31.2 Å². The van der Waals surface area contributed by atoms with Crippen molar-refractivity contribution in [3.63, 3.8) is 0 Å². The Morgan fingerprint density at radius 2 is 1.96 bits per heavy atom. The predicted molar refractivity (Wildman–Crippen MR) is 113 cm³/mol. The second kappa shape index (κ2) is 8.72. The van der Waals surface area contributed by atoms with Crippen molar-refractivity contribution in [1.29, 1.82) is 0 Å². The quantitative estimate of drug-likeness (QED) is 0.583. The number of nitrogens with one attached hydrogen (secondary N) is 2. The highest BCUT2D eigenvalue weighted by Gasteiger charge is 2.13. The molecule has 3 rings (SSSR count). The Hall–Kier alpha value is -2.11. The maximum Gasteiger partial charge on any atom is 0.124 e. The van der Waals surface area contributed by atoms with Gasteiger partial charge in [-0.15, -0.1) is 0 Å². The van der Waals surface area contributed by atoms with Crippen LogP contribution in [0.3, 0.4) is 0 Å². The minimum Gasteiger partial charge on any atom is -0.494 e. The molecule has 0 fully saturated rings. The van der Waals surface area contributed by atoms with Crippen LogP contribution in [0, 0.1) is 6.92 Å². The van der Waals surface area contributed by atoms with Gasteiger partial charge in [0.25, 0.3) is 0 Å².